The Hall–Kier alpha value is -1.50. The molecule has 51 heavy (non-hydrogen) atoms. The van der Waals surface area contributed by atoms with Crippen molar-refractivity contribution < 1.29 is 23.5 Å². The SMILES string of the molecule is CCCCCCCCCCCCCCCCCCNC(=O)OCC(C[N+](C)(C)C)OC(=O)NCCCCCCCCCCCCCCCCCC. The van der Waals surface area contributed by atoms with E-state index in [1.54, 1.807) is 0 Å². The monoisotopic (exact) mass is 725 g/mol. The van der Waals surface area contributed by atoms with Gasteiger partial charge in [0.2, 0.25) is 0 Å². The second kappa shape index (κ2) is 38.2. The van der Waals surface area contributed by atoms with Gasteiger partial charge in [0, 0.05) is 13.1 Å². The molecule has 2 amide bonds. The third kappa shape index (κ3) is 41.1. The zero-order valence-electron chi connectivity index (χ0n) is 35.1. The number of rotatable bonds is 39. The summed E-state index contributed by atoms with van der Waals surface area (Å²) in [5.41, 5.74) is 0. The van der Waals surface area contributed by atoms with Crippen LogP contribution in [-0.4, -0.2) is 70.2 Å². The summed E-state index contributed by atoms with van der Waals surface area (Å²) in [6, 6.07) is 0. The van der Waals surface area contributed by atoms with Crippen molar-refractivity contribution in [3.63, 3.8) is 0 Å². The second-order valence-corrected chi connectivity index (χ2v) is 16.6. The Balaban J connectivity index is 3.75. The molecule has 0 aliphatic carbocycles. The van der Waals surface area contributed by atoms with Crippen LogP contribution in [0.15, 0.2) is 0 Å². The van der Waals surface area contributed by atoms with E-state index in [2.05, 4.69) is 24.5 Å². The Morgan fingerprint density at radius 1 is 0.431 bits per heavy atom. The van der Waals surface area contributed by atoms with E-state index in [9.17, 15) is 9.59 Å². The van der Waals surface area contributed by atoms with Gasteiger partial charge in [-0.3, -0.25) is 0 Å². The Morgan fingerprint density at radius 3 is 1.00 bits per heavy atom. The average molecular weight is 725 g/mol. The van der Waals surface area contributed by atoms with Crippen LogP contribution in [0.5, 0.6) is 0 Å². The van der Waals surface area contributed by atoms with Crippen molar-refractivity contribution in [2.24, 2.45) is 0 Å². The number of hydrogen-bond acceptors (Lipinski definition) is 4. The van der Waals surface area contributed by atoms with E-state index in [1.165, 1.54) is 180 Å². The molecule has 0 aromatic heterocycles. The summed E-state index contributed by atoms with van der Waals surface area (Å²) in [5, 5.41) is 5.77. The number of hydrogen-bond donors (Lipinski definition) is 2. The van der Waals surface area contributed by atoms with E-state index in [0.717, 1.165) is 25.7 Å². The molecule has 1 atom stereocenters. The first-order valence-corrected chi connectivity index (χ1v) is 22.4. The number of carbonyl (C=O) groups excluding carboxylic acids is 2. The number of alkyl carbamates (subject to hydrolysis) is 2. The molecule has 7 heteroatoms. The molecular weight excluding hydrogens is 635 g/mol. The van der Waals surface area contributed by atoms with E-state index < -0.39 is 18.3 Å². The zero-order chi connectivity index (χ0) is 37.5. The van der Waals surface area contributed by atoms with E-state index in [1.807, 2.05) is 21.1 Å². The smallest absolute Gasteiger partial charge is 0.407 e. The normalized spacial score (nSPS) is 12.2. The summed E-state index contributed by atoms with van der Waals surface area (Å²) >= 11 is 0. The van der Waals surface area contributed by atoms with Crippen LogP contribution in [-0.2, 0) is 9.47 Å². The Morgan fingerprint density at radius 2 is 0.706 bits per heavy atom. The minimum atomic E-state index is -0.489. The summed E-state index contributed by atoms with van der Waals surface area (Å²) in [6.07, 6.45) is 41.3. The molecule has 0 aromatic carbocycles. The maximum atomic E-state index is 12.5. The van der Waals surface area contributed by atoms with Crippen LogP contribution < -0.4 is 10.6 Å². The maximum absolute atomic E-state index is 12.5. The number of nitrogens with zero attached hydrogens (tertiary/aromatic N) is 1. The van der Waals surface area contributed by atoms with Gasteiger partial charge in [0.05, 0.1) is 21.1 Å². The van der Waals surface area contributed by atoms with Crippen LogP contribution in [0.25, 0.3) is 0 Å². The molecule has 0 aliphatic heterocycles. The van der Waals surface area contributed by atoms with Crippen molar-refractivity contribution in [1.29, 1.82) is 0 Å². The number of quaternary nitrogens is 1. The molecule has 0 saturated carbocycles. The predicted octanol–water partition coefficient (Wildman–Crippen LogP) is 13.0. The lowest BCUT2D eigenvalue weighted by atomic mass is 10.0. The molecule has 0 aliphatic rings. The highest BCUT2D eigenvalue weighted by Gasteiger charge is 2.24. The van der Waals surface area contributed by atoms with Crippen molar-refractivity contribution >= 4 is 12.2 Å². The molecule has 304 valence electrons. The molecule has 1 unspecified atom stereocenters. The van der Waals surface area contributed by atoms with Crippen LogP contribution >= 0.6 is 0 Å². The molecule has 0 rings (SSSR count). The van der Waals surface area contributed by atoms with Gasteiger partial charge in [0.1, 0.15) is 13.2 Å². The van der Waals surface area contributed by atoms with Gasteiger partial charge < -0.3 is 24.6 Å². The van der Waals surface area contributed by atoms with Gasteiger partial charge in [-0.15, -0.1) is 0 Å². The van der Waals surface area contributed by atoms with Crippen LogP contribution in [0.1, 0.15) is 219 Å². The maximum Gasteiger partial charge on any atom is 0.407 e. The molecule has 0 radical (unpaired) electrons. The lowest BCUT2D eigenvalue weighted by Crippen LogP contribution is -2.46. The standard InChI is InChI=1S/C44H89N3O4/c1-6-8-10-12-14-16-18-20-22-24-26-28-30-32-34-36-38-45-43(48)50-41-42(40-47(3,4)5)51-44(49)46-39-37-35-33-31-29-27-25-23-21-19-17-15-13-11-9-7-2/h42H,6-41H2,1-5H3,(H-,45,46,48,49)/p+1. The fraction of sp³-hybridized carbons (Fsp3) is 0.955. The lowest BCUT2D eigenvalue weighted by Gasteiger charge is -2.28. The van der Waals surface area contributed by atoms with Gasteiger partial charge in [0.25, 0.3) is 0 Å². The Labute approximate surface area is 318 Å². The number of carbonyl (C=O) groups is 2. The summed E-state index contributed by atoms with van der Waals surface area (Å²) in [5.74, 6) is 0. The van der Waals surface area contributed by atoms with E-state index in [-0.39, 0.29) is 6.61 Å². The lowest BCUT2D eigenvalue weighted by molar-refractivity contribution is -0.873. The van der Waals surface area contributed by atoms with E-state index in [0.29, 0.717) is 24.1 Å². The van der Waals surface area contributed by atoms with Gasteiger partial charge in [-0.05, 0) is 12.8 Å². The molecule has 0 aromatic rings. The quantitative estimate of drug-likeness (QED) is 0.0489. The van der Waals surface area contributed by atoms with Gasteiger partial charge in [-0.1, -0.05) is 206 Å². The van der Waals surface area contributed by atoms with Gasteiger partial charge in [-0.2, -0.15) is 0 Å². The molecular formula is C44H90N3O4+. The van der Waals surface area contributed by atoms with Crippen LogP contribution in [0.2, 0.25) is 0 Å². The largest absolute Gasteiger partial charge is 0.445 e. The van der Waals surface area contributed by atoms with Crippen molar-refractivity contribution in [2.45, 2.75) is 225 Å². The third-order valence-electron chi connectivity index (χ3n) is 10.0. The zero-order valence-corrected chi connectivity index (χ0v) is 35.1. The first kappa shape index (κ1) is 49.5. The first-order chi connectivity index (χ1) is 24.8. The molecule has 0 heterocycles. The molecule has 0 fully saturated rings. The summed E-state index contributed by atoms with van der Waals surface area (Å²) in [7, 11) is 6.13. The minimum absolute atomic E-state index is 0.0623. The van der Waals surface area contributed by atoms with Gasteiger partial charge >= 0.3 is 12.2 Å². The van der Waals surface area contributed by atoms with Crippen LogP contribution in [0.3, 0.4) is 0 Å². The Kier molecular flexibility index (Phi) is 37.1. The fourth-order valence-corrected chi connectivity index (χ4v) is 6.87. The number of likely N-dealkylation sites (N-methyl/N-ethyl adjacent to an activating group) is 1. The predicted molar refractivity (Wildman–Crippen MR) is 220 cm³/mol. The molecule has 2 N–H and O–H groups in total. The van der Waals surface area contributed by atoms with Gasteiger partial charge in [-0.25, -0.2) is 9.59 Å². The number of ether oxygens (including phenoxy) is 2. The van der Waals surface area contributed by atoms with Crippen molar-refractivity contribution in [3.05, 3.63) is 0 Å². The summed E-state index contributed by atoms with van der Waals surface area (Å²) < 4.78 is 11.7. The second-order valence-electron chi connectivity index (χ2n) is 16.6. The van der Waals surface area contributed by atoms with Crippen molar-refractivity contribution in [3.8, 4) is 0 Å². The van der Waals surface area contributed by atoms with Crippen molar-refractivity contribution in [1.82, 2.24) is 10.6 Å². The Bertz CT molecular complexity index is 742. The molecule has 0 saturated heterocycles. The van der Waals surface area contributed by atoms with Crippen LogP contribution in [0.4, 0.5) is 9.59 Å². The molecule has 0 bridgehead atoms. The highest BCUT2D eigenvalue weighted by molar-refractivity contribution is 5.68. The molecule has 0 spiro atoms. The minimum Gasteiger partial charge on any atom is -0.445 e. The van der Waals surface area contributed by atoms with Gasteiger partial charge in [0.15, 0.2) is 6.10 Å². The van der Waals surface area contributed by atoms with Crippen LogP contribution in [0, 0.1) is 0 Å². The van der Waals surface area contributed by atoms with Crippen molar-refractivity contribution in [2.75, 3.05) is 47.4 Å². The highest BCUT2D eigenvalue weighted by atomic mass is 16.6. The summed E-state index contributed by atoms with van der Waals surface area (Å²) in [6.45, 7) is 6.44. The average Bonchev–Trinajstić information content (AvgIpc) is 3.09. The summed E-state index contributed by atoms with van der Waals surface area (Å²) in [4.78, 5) is 24.8. The highest BCUT2D eigenvalue weighted by Crippen LogP contribution is 2.15. The fourth-order valence-electron chi connectivity index (χ4n) is 6.87. The van der Waals surface area contributed by atoms with E-state index in [4.69, 9.17) is 9.47 Å². The molecule has 7 nitrogen and oxygen atoms in total. The van der Waals surface area contributed by atoms with E-state index >= 15 is 0 Å². The number of unbranched alkanes of at least 4 members (excludes halogenated alkanes) is 30. The number of nitrogens with one attached hydrogen (secondary N) is 2. The third-order valence-corrected chi connectivity index (χ3v) is 10.0. The topological polar surface area (TPSA) is 76.7 Å². The number of amides is 2. The first-order valence-electron chi connectivity index (χ1n) is 22.4.